The largest absolute Gasteiger partial charge is 0.489 e. The fourth-order valence-corrected chi connectivity index (χ4v) is 1.49. The molecule has 3 nitrogen and oxygen atoms in total. The van der Waals surface area contributed by atoms with Crippen LogP contribution in [0.4, 0.5) is 14.5 Å². The third kappa shape index (κ3) is 2.99. The van der Waals surface area contributed by atoms with Crippen molar-refractivity contribution < 1.29 is 13.5 Å². The van der Waals surface area contributed by atoms with E-state index in [1.807, 2.05) is 6.07 Å². The molecule has 5 heteroatoms. The van der Waals surface area contributed by atoms with Crippen LogP contribution in [-0.2, 0) is 6.61 Å². The average molecular weight is 260 g/mol. The molecule has 0 amide bonds. The molecule has 0 spiro atoms. The van der Waals surface area contributed by atoms with E-state index >= 15 is 0 Å². The molecule has 2 N–H and O–H groups in total. The standard InChI is InChI=1S/C14H10F2N2O/c15-12-5-9(7-17)1-2-10(12)8-19-11-3-4-14(18)13(16)6-11/h1-6H,8,18H2. The zero-order valence-corrected chi connectivity index (χ0v) is 9.86. The summed E-state index contributed by atoms with van der Waals surface area (Å²) in [6, 6.07) is 9.93. The van der Waals surface area contributed by atoms with Gasteiger partial charge in [0.05, 0.1) is 17.3 Å². The van der Waals surface area contributed by atoms with Gasteiger partial charge in [-0.2, -0.15) is 5.26 Å². The molecule has 2 rings (SSSR count). The summed E-state index contributed by atoms with van der Waals surface area (Å²) >= 11 is 0. The first-order chi connectivity index (χ1) is 9.10. The predicted octanol–water partition coefficient (Wildman–Crippen LogP) is 3.00. The van der Waals surface area contributed by atoms with Crippen LogP contribution in [0.1, 0.15) is 11.1 Å². The monoisotopic (exact) mass is 260 g/mol. The number of ether oxygens (including phenoxy) is 1. The van der Waals surface area contributed by atoms with Gasteiger partial charge in [-0.1, -0.05) is 6.07 Å². The van der Waals surface area contributed by atoms with E-state index in [4.69, 9.17) is 15.7 Å². The van der Waals surface area contributed by atoms with Crippen LogP contribution in [-0.4, -0.2) is 0 Å². The summed E-state index contributed by atoms with van der Waals surface area (Å²) in [4.78, 5) is 0. The molecule has 0 heterocycles. The Balaban J connectivity index is 2.10. The lowest BCUT2D eigenvalue weighted by atomic mass is 10.1. The number of halogens is 2. The third-order valence-electron chi connectivity index (χ3n) is 2.55. The minimum absolute atomic E-state index is 0.0249. The van der Waals surface area contributed by atoms with Gasteiger partial charge in [-0.25, -0.2) is 8.78 Å². The zero-order valence-electron chi connectivity index (χ0n) is 9.86. The van der Waals surface area contributed by atoms with Crippen molar-refractivity contribution in [1.29, 1.82) is 5.26 Å². The molecule has 0 bridgehead atoms. The number of hydrogen-bond donors (Lipinski definition) is 1. The lowest BCUT2D eigenvalue weighted by Gasteiger charge is -2.08. The maximum atomic E-state index is 13.6. The molecule has 19 heavy (non-hydrogen) atoms. The van der Waals surface area contributed by atoms with Crippen molar-refractivity contribution in [2.24, 2.45) is 0 Å². The Hall–Kier alpha value is -2.61. The van der Waals surface area contributed by atoms with E-state index in [1.54, 1.807) is 0 Å². The first-order valence-electron chi connectivity index (χ1n) is 5.46. The van der Waals surface area contributed by atoms with Gasteiger partial charge in [-0.3, -0.25) is 0 Å². The number of benzene rings is 2. The van der Waals surface area contributed by atoms with E-state index in [2.05, 4.69) is 0 Å². The second-order valence-corrected chi connectivity index (χ2v) is 3.89. The van der Waals surface area contributed by atoms with Gasteiger partial charge in [0, 0.05) is 11.6 Å². The maximum absolute atomic E-state index is 13.6. The Kier molecular flexibility index (Phi) is 3.62. The van der Waals surface area contributed by atoms with Gasteiger partial charge in [0.25, 0.3) is 0 Å². The Bertz CT molecular complexity index is 650. The molecular weight excluding hydrogens is 250 g/mol. The normalized spacial score (nSPS) is 9.95. The second kappa shape index (κ2) is 5.36. The quantitative estimate of drug-likeness (QED) is 0.863. The summed E-state index contributed by atoms with van der Waals surface area (Å²) in [6.45, 7) is -0.0547. The van der Waals surface area contributed by atoms with Crippen LogP contribution in [0.25, 0.3) is 0 Å². The molecule has 0 radical (unpaired) electrons. The van der Waals surface area contributed by atoms with Crippen LogP contribution >= 0.6 is 0 Å². The summed E-state index contributed by atoms with van der Waals surface area (Å²) in [5.74, 6) is -0.858. The van der Waals surface area contributed by atoms with Crippen molar-refractivity contribution in [2.75, 3.05) is 5.73 Å². The van der Waals surface area contributed by atoms with E-state index in [0.717, 1.165) is 12.1 Å². The minimum atomic E-state index is -0.585. The van der Waals surface area contributed by atoms with Crippen LogP contribution in [0.3, 0.4) is 0 Å². The molecule has 96 valence electrons. The molecule has 0 saturated heterocycles. The van der Waals surface area contributed by atoms with E-state index in [-0.39, 0.29) is 29.2 Å². The molecule has 0 aliphatic heterocycles. The topological polar surface area (TPSA) is 59.0 Å². The van der Waals surface area contributed by atoms with E-state index in [1.165, 1.54) is 24.3 Å². The first kappa shape index (κ1) is 12.8. The van der Waals surface area contributed by atoms with E-state index in [9.17, 15) is 8.78 Å². The minimum Gasteiger partial charge on any atom is -0.489 e. The highest BCUT2D eigenvalue weighted by Crippen LogP contribution is 2.20. The summed E-state index contributed by atoms with van der Waals surface area (Å²) in [5.41, 5.74) is 5.88. The molecule has 0 aromatic heterocycles. The van der Waals surface area contributed by atoms with Crippen LogP contribution < -0.4 is 10.5 Å². The van der Waals surface area contributed by atoms with Crippen molar-refractivity contribution in [3.05, 3.63) is 59.2 Å². The van der Waals surface area contributed by atoms with Crippen molar-refractivity contribution in [2.45, 2.75) is 6.61 Å². The van der Waals surface area contributed by atoms with Crippen LogP contribution in [0.2, 0.25) is 0 Å². The molecule has 0 saturated carbocycles. The van der Waals surface area contributed by atoms with Crippen molar-refractivity contribution in [1.82, 2.24) is 0 Å². The van der Waals surface area contributed by atoms with Crippen molar-refractivity contribution in [3.8, 4) is 11.8 Å². The number of hydrogen-bond acceptors (Lipinski definition) is 3. The van der Waals surface area contributed by atoms with Crippen LogP contribution in [0, 0.1) is 23.0 Å². The molecule has 2 aromatic carbocycles. The Morgan fingerprint density at radius 2 is 1.89 bits per heavy atom. The molecule has 0 aliphatic rings. The molecule has 0 aliphatic carbocycles. The number of nitrogens with zero attached hydrogens (tertiary/aromatic N) is 1. The molecule has 0 fully saturated rings. The first-order valence-corrected chi connectivity index (χ1v) is 5.46. The number of rotatable bonds is 3. The number of anilines is 1. The fraction of sp³-hybridized carbons (Fsp3) is 0.0714. The van der Waals surface area contributed by atoms with Crippen molar-refractivity contribution in [3.63, 3.8) is 0 Å². The summed E-state index contributed by atoms with van der Waals surface area (Å²) in [7, 11) is 0. The summed E-state index contributed by atoms with van der Waals surface area (Å²) in [5, 5.41) is 8.62. The van der Waals surface area contributed by atoms with Crippen LogP contribution in [0.5, 0.6) is 5.75 Å². The highest BCUT2D eigenvalue weighted by molar-refractivity contribution is 5.43. The number of nitriles is 1. The predicted molar refractivity (Wildman–Crippen MR) is 66.3 cm³/mol. The third-order valence-corrected chi connectivity index (χ3v) is 2.55. The molecule has 0 atom stereocenters. The van der Waals surface area contributed by atoms with Gasteiger partial charge in [0.1, 0.15) is 24.0 Å². The SMILES string of the molecule is N#Cc1ccc(COc2ccc(N)c(F)c2)c(F)c1. The molecular formula is C14H10F2N2O. The zero-order chi connectivity index (χ0) is 13.8. The molecule has 2 aromatic rings. The number of nitrogens with two attached hydrogens (primary N) is 1. The highest BCUT2D eigenvalue weighted by Gasteiger charge is 2.06. The van der Waals surface area contributed by atoms with E-state index in [0.29, 0.717) is 0 Å². The average Bonchev–Trinajstić information content (AvgIpc) is 2.41. The lowest BCUT2D eigenvalue weighted by molar-refractivity contribution is 0.298. The lowest BCUT2D eigenvalue weighted by Crippen LogP contribution is -2.00. The van der Waals surface area contributed by atoms with Gasteiger partial charge >= 0.3 is 0 Å². The number of nitrogen functional groups attached to an aromatic ring is 1. The Labute approximate surface area is 108 Å². The van der Waals surface area contributed by atoms with Gasteiger partial charge in [-0.05, 0) is 24.3 Å². The summed E-state index contributed by atoms with van der Waals surface area (Å²) in [6.07, 6.45) is 0. The van der Waals surface area contributed by atoms with Gasteiger partial charge < -0.3 is 10.5 Å². The highest BCUT2D eigenvalue weighted by atomic mass is 19.1. The second-order valence-electron chi connectivity index (χ2n) is 3.89. The van der Waals surface area contributed by atoms with Crippen LogP contribution in [0.15, 0.2) is 36.4 Å². The summed E-state index contributed by atoms with van der Waals surface area (Å²) < 4.78 is 32.0. The Morgan fingerprint density at radius 1 is 1.11 bits per heavy atom. The van der Waals surface area contributed by atoms with Gasteiger partial charge in [0.2, 0.25) is 0 Å². The van der Waals surface area contributed by atoms with Gasteiger partial charge in [0.15, 0.2) is 0 Å². The maximum Gasteiger partial charge on any atom is 0.149 e. The van der Waals surface area contributed by atoms with Crippen molar-refractivity contribution >= 4 is 5.69 Å². The molecule has 0 unspecified atom stereocenters. The Morgan fingerprint density at radius 3 is 2.53 bits per heavy atom. The van der Waals surface area contributed by atoms with E-state index < -0.39 is 11.6 Å². The fourth-order valence-electron chi connectivity index (χ4n) is 1.49. The van der Waals surface area contributed by atoms with Gasteiger partial charge in [-0.15, -0.1) is 0 Å². The smallest absolute Gasteiger partial charge is 0.149 e.